The van der Waals surface area contributed by atoms with Gasteiger partial charge in [-0.1, -0.05) is 29.2 Å². The molecule has 10 nitrogen and oxygen atoms in total. The molecule has 2 heterocycles. The molecule has 4 rings (SSSR count). The van der Waals surface area contributed by atoms with Crippen molar-refractivity contribution in [1.82, 2.24) is 10.2 Å². The molecule has 0 aliphatic carbocycles. The molecule has 12 heteroatoms. The summed E-state index contributed by atoms with van der Waals surface area (Å²) in [5.74, 6) is 0.700. The van der Waals surface area contributed by atoms with Crippen molar-refractivity contribution >= 4 is 63.4 Å². The fraction of sp³-hybridized carbons (Fsp3) is 0.136. The van der Waals surface area contributed by atoms with E-state index in [2.05, 4.69) is 26.1 Å². The van der Waals surface area contributed by atoms with Crippen LogP contribution in [0.25, 0.3) is 6.08 Å². The van der Waals surface area contributed by atoms with Gasteiger partial charge in [-0.3, -0.25) is 19.7 Å². The Morgan fingerprint density at radius 2 is 1.74 bits per heavy atom. The van der Waals surface area contributed by atoms with Gasteiger partial charge in [0.25, 0.3) is 0 Å². The molecule has 0 unspecified atom stereocenters. The number of fused-ring (bicyclic) bond motifs is 1. The maximum absolute atomic E-state index is 12.2. The molecule has 1 aliphatic heterocycles. The first-order valence-corrected chi connectivity index (χ1v) is 11.8. The maximum atomic E-state index is 12.2. The van der Waals surface area contributed by atoms with Crippen molar-refractivity contribution < 1.29 is 23.9 Å². The number of aromatic nitrogens is 2. The molecule has 0 atom stereocenters. The normalized spacial score (nSPS) is 11.9. The smallest absolute Gasteiger partial charge is 0.250 e. The second-order valence-corrected chi connectivity index (χ2v) is 9.10. The molecule has 0 radical (unpaired) electrons. The topological polar surface area (TPSA) is 132 Å². The molecule has 3 aromatic rings. The number of anilines is 3. The number of carbonyl (C=O) groups is 3. The van der Waals surface area contributed by atoms with Crippen molar-refractivity contribution in [3.63, 3.8) is 0 Å². The first-order valence-electron chi connectivity index (χ1n) is 9.97. The van der Waals surface area contributed by atoms with Gasteiger partial charge in [-0.05, 0) is 48.0 Å². The second kappa shape index (κ2) is 10.8. The van der Waals surface area contributed by atoms with Crippen LogP contribution >= 0.6 is 23.1 Å². The molecule has 1 aliphatic rings. The monoisotopic (exact) mass is 497 g/mol. The lowest BCUT2D eigenvalue weighted by atomic mass is 10.2. The minimum Gasteiger partial charge on any atom is -0.454 e. The second-order valence-electron chi connectivity index (χ2n) is 6.90. The highest BCUT2D eigenvalue weighted by molar-refractivity contribution is 8.01. The van der Waals surface area contributed by atoms with Gasteiger partial charge < -0.3 is 20.1 Å². The van der Waals surface area contributed by atoms with Crippen LogP contribution in [0, 0.1) is 0 Å². The molecule has 1 aromatic heterocycles. The molecule has 34 heavy (non-hydrogen) atoms. The van der Waals surface area contributed by atoms with Crippen LogP contribution in [0.4, 0.5) is 16.5 Å². The molecule has 2 aromatic carbocycles. The molecule has 0 saturated heterocycles. The molecule has 0 fully saturated rings. The number of carbonyl (C=O) groups excluding carboxylic acids is 3. The Hall–Kier alpha value is -3.90. The average Bonchev–Trinajstić information content (AvgIpc) is 3.46. The number of nitrogens with zero attached hydrogens (tertiary/aromatic N) is 2. The van der Waals surface area contributed by atoms with E-state index >= 15 is 0 Å². The van der Waals surface area contributed by atoms with Crippen LogP contribution in [-0.2, 0) is 14.4 Å². The lowest BCUT2D eigenvalue weighted by Crippen LogP contribution is -2.14. The van der Waals surface area contributed by atoms with Crippen molar-refractivity contribution in [2.75, 3.05) is 28.5 Å². The Morgan fingerprint density at radius 1 is 1.00 bits per heavy atom. The van der Waals surface area contributed by atoms with Crippen LogP contribution in [0.15, 0.2) is 52.9 Å². The predicted octanol–water partition coefficient (Wildman–Crippen LogP) is 3.61. The Bertz CT molecular complexity index is 1240. The molecule has 0 bridgehead atoms. The first kappa shape index (κ1) is 23.3. The number of hydrogen-bond donors (Lipinski definition) is 3. The van der Waals surface area contributed by atoms with E-state index in [0.717, 1.165) is 5.56 Å². The van der Waals surface area contributed by atoms with E-state index < -0.39 is 0 Å². The fourth-order valence-electron chi connectivity index (χ4n) is 2.82. The zero-order valence-corrected chi connectivity index (χ0v) is 19.5. The quantitative estimate of drug-likeness (QED) is 0.244. The van der Waals surface area contributed by atoms with Crippen molar-refractivity contribution in [3.8, 4) is 11.5 Å². The van der Waals surface area contributed by atoms with E-state index in [1.807, 2.05) is 6.07 Å². The standard InChI is InChI=1S/C22H19N5O5S2/c1-13(28)23-15-4-6-16(7-5-15)24-20(30)11-33-22-27-26-21(34-22)25-19(29)9-3-14-2-8-17-18(10-14)32-12-31-17/h2-10H,11-12H2,1H3,(H,23,28)(H,24,30)(H,25,26,29)/b9-3+. The van der Waals surface area contributed by atoms with Crippen molar-refractivity contribution in [2.45, 2.75) is 11.3 Å². The summed E-state index contributed by atoms with van der Waals surface area (Å²) >= 11 is 2.38. The van der Waals surface area contributed by atoms with Gasteiger partial charge in [0, 0.05) is 24.4 Å². The Morgan fingerprint density at radius 3 is 2.50 bits per heavy atom. The summed E-state index contributed by atoms with van der Waals surface area (Å²) in [6, 6.07) is 12.2. The zero-order valence-electron chi connectivity index (χ0n) is 17.9. The van der Waals surface area contributed by atoms with Crippen LogP contribution in [0.5, 0.6) is 11.5 Å². The summed E-state index contributed by atoms with van der Waals surface area (Å²) in [4.78, 5) is 35.4. The van der Waals surface area contributed by atoms with Crippen molar-refractivity contribution in [1.29, 1.82) is 0 Å². The molecule has 0 saturated carbocycles. The third kappa shape index (κ3) is 6.56. The van der Waals surface area contributed by atoms with Gasteiger partial charge in [0.05, 0.1) is 5.75 Å². The van der Waals surface area contributed by atoms with Crippen molar-refractivity contribution in [2.24, 2.45) is 0 Å². The number of ether oxygens (including phenoxy) is 2. The summed E-state index contributed by atoms with van der Waals surface area (Å²) in [6.45, 7) is 1.62. The molecular weight excluding hydrogens is 478 g/mol. The minimum atomic E-state index is -0.356. The first-order chi connectivity index (χ1) is 16.4. The Balaban J connectivity index is 1.22. The lowest BCUT2D eigenvalue weighted by molar-refractivity contribution is -0.114. The Kier molecular flexibility index (Phi) is 7.40. The number of amides is 3. The van der Waals surface area contributed by atoms with Gasteiger partial charge in [0.2, 0.25) is 29.6 Å². The predicted molar refractivity (Wildman–Crippen MR) is 130 cm³/mol. The third-order valence-corrected chi connectivity index (χ3v) is 6.25. The van der Waals surface area contributed by atoms with Gasteiger partial charge in [-0.25, -0.2) is 0 Å². The average molecular weight is 498 g/mol. The molecular formula is C22H19N5O5S2. The van der Waals surface area contributed by atoms with E-state index in [1.165, 1.54) is 36.1 Å². The van der Waals surface area contributed by atoms with E-state index in [1.54, 1.807) is 42.5 Å². The number of rotatable bonds is 8. The molecule has 0 spiro atoms. The summed E-state index contributed by atoms with van der Waals surface area (Å²) in [5, 5.41) is 16.3. The number of thioether (sulfide) groups is 1. The van der Waals surface area contributed by atoms with Gasteiger partial charge in [-0.15, -0.1) is 10.2 Å². The van der Waals surface area contributed by atoms with Crippen LogP contribution in [0.2, 0.25) is 0 Å². The summed E-state index contributed by atoms with van der Waals surface area (Å²) < 4.78 is 11.1. The van der Waals surface area contributed by atoms with Gasteiger partial charge >= 0.3 is 0 Å². The highest BCUT2D eigenvalue weighted by Crippen LogP contribution is 2.32. The SMILES string of the molecule is CC(=O)Nc1ccc(NC(=O)CSc2nnc(NC(=O)/C=C/c3ccc4c(c3)OCO4)s2)cc1. The zero-order chi connectivity index (χ0) is 23.9. The van der Waals surface area contributed by atoms with E-state index in [-0.39, 0.29) is 30.3 Å². The molecule has 174 valence electrons. The van der Waals surface area contributed by atoms with E-state index in [4.69, 9.17) is 9.47 Å². The Labute approximate surface area is 202 Å². The summed E-state index contributed by atoms with van der Waals surface area (Å²) in [7, 11) is 0. The van der Waals surface area contributed by atoms with Crippen LogP contribution in [0.3, 0.4) is 0 Å². The highest BCUT2D eigenvalue weighted by Gasteiger charge is 2.13. The van der Waals surface area contributed by atoms with E-state index in [0.29, 0.717) is 32.3 Å². The number of nitrogens with one attached hydrogen (secondary N) is 3. The van der Waals surface area contributed by atoms with Crippen LogP contribution in [0.1, 0.15) is 12.5 Å². The van der Waals surface area contributed by atoms with Gasteiger partial charge in [-0.2, -0.15) is 0 Å². The molecule has 3 N–H and O–H groups in total. The van der Waals surface area contributed by atoms with Crippen LogP contribution < -0.4 is 25.4 Å². The van der Waals surface area contributed by atoms with Gasteiger partial charge in [0.1, 0.15) is 0 Å². The van der Waals surface area contributed by atoms with E-state index in [9.17, 15) is 14.4 Å². The molecule has 3 amide bonds. The minimum absolute atomic E-state index is 0.125. The fourth-order valence-corrected chi connectivity index (χ4v) is 4.37. The third-order valence-electron chi connectivity index (χ3n) is 4.28. The lowest BCUT2D eigenvalue weighted by Gasteiger charge is -2.06. The van der Waals surface area contributed by atoms with Crippen molar-refractivity contribution in [3.05, 3.63) is 54.1 Å². The number of hydrogen-bond acceptors (Lipinski definition) is 9. The van der Waals surface area contributed by atoms with Gasteiger partial charge in [0.15, 0.2) is 15.8 Å². The highest BCUT2D eigenvalue weighted by atomic mass is 32.2. The maximum Gasteiger partial charge on any atom is 0.250 e. The summed E-state index contributed by atoms with van der Waals surface area (Å²) in [6.07, 6.45) is 3.04. The summed E-state index contributed by atoms with van der Waals surface area (Å²) in [5.41, 5.74) is 2.05. The van der Waals surface area contributed by atoms with Crippen LogP contribution in [-0.4, -0.2) is 40.5 Å². The largest absolute Gasteiger partial charge is 0.454 e. The number of benzene rings is 2.